The molecule has 3 nitrogen and oxygen atoms in total. The standard InChI is InChI=1S/C13H23N3S.ClH/c1-11-13(17-10-15-11)9-16(2)7-5-12-4-3-6-14-8-12;/h10,12,14H,3-9H2,1-2H3;1H. The maximum absolute atomic E-state index is 4.30. The van der Waals surface area contributed by atoms with E-state index in [9.17, 15) is 0 Å². The molecule has 2 heterocycles. The third-order valence-corrected chi connectivity index (χ3v) is 4.50. The van der Waals surface area contributed by atoms with Crippen molar-refractivity contribution in [2.75, 3.05) is 26.7 Å². The molecule has 0 saturated carbocycles. The summed E-state index contributed by atoms with van der Waals surface area (Å²) in [6.45, 7) is 6.78. The van der Waals surface area contributed by atoms with Gasteiger partial charge in [0.2, 0.25) is 0 Å². The molecular formula is C13H24ClN3S. The summed E-state index contributed by atoms with van der Waals surface area (Å²) in [4.78, 5) is 8.14. The van der Waals surface area contributed by atoms with Crippen molar-refractivity contribution >= 4 is 23.7 Å². The Morgan fingerprint density at radius 3 is 3.00 bits per heavy atom. The molecule has 1 aromatic rings. The van der Waals surface area contributed by atoms with E-state index < -0.39 is 0 Å². The first-order chi connectivity index (χ1) is 8.25. The van der Waals surface area contributed by atoms with Gasteiger partial charge in [-0.3, -0.25) is 0 Å². The fourth-order valence-corrected chi connectivity index (χ4v) is 3.23. The highest BCUT2D eigenvalue weighted by atomic mass is 35.5. The number of rotatable bonds is 5. The summed E-state index contributed by atoms with van der Waals surface area (Å²) >= 11 is 1.77. The van der Waals surface area contributed by atoms with Crippen LogP contribution in [-0.2, 0) is 6.54 Å². The summed E-state index contributed by atoms with van der Waals surface area (Å²) < 4.78 is 0. The molecule has 1 fully saturated rings. The van der Waals surface area contributed by atoms with Crippen LogP contribution in [0.1, 0.15) is 29.8 Å². The van der Waals surface area contributed by atoms with E-state index in [4.69, 9.17) is 0 Å². The van der Waals surface area contributed by atoms with Crippen molar-refractivity contribution in [2.45, 2.75) is 32.7 Å². The summed E-state index contributed by atoms with van der Waals surface area (Å²) in [7, 11) is 2.22. The lowest BCUT2D eigenvalue weighted by molar-refractivity contribution is 0.269. The molecule has 1 aromatic heterocycles. The number of hydrogen-bond donors (Lipinski definition) is 1. The van der Waals surface area contributed by atoms with Gasteiger partial charge < -0.3 is 10.2 Å². The minimum Gasteiger partial charge on any atom is -0.316 e. The van der Waals surface area contributed by atoms with Gasteiger partial charge in [-0.2, -0.15) is 0 Å². The third kappa shape index (κ3) is 4.84. The molecule has 0 spiro atoms. The molecule has 1 N–H and O–H groups in total. The second kappa shape index (κ2) is 8.10. The van der Waals surface area contributed by atoms with Crippen molar-refractivity contribution in [2.24, 2.45) is 5.92 Å². The summed E-state index contributed by atoms with van der Waals surface area (Å²) in [5, 5.41) is 3.49. The quantitative estimate of drug-likeness (QED) is 0.903. The molecule has 0 bridgehead atoms. The zero-order valence-electron chi connectivity index (χ0n) is 11.3. The topological polar surface area (TPSA) is 28.2 Å². The number of nitrogens with one attached hydrogen (secondary N) is 1. The number of thiazole rings is 1. The molecule has 5 heteroatoms. The van der Waals surface area contributed by atoms with Gasteiger partial charge in [0.05, 0.1) is 11.2 Å². The van der Waals surface area contributed by atoms with Crippen molar-refractivity contribution in [1.29, 1.82) is 0 Å². The fourth-order valence-electron chi connectivity index (χ4n) is 2.38. The molecule has 1 aliphatic rings. The van der Waals surface area contributed by atoms with E-state index in [1.54, 1.807) is 11.3 Å². The Morgan fingerprint density at radius 2 is 2.39 bits per heavy atom. The highest BCUT2D eigenvalue weighted by Gasteiger charge is 2.14. The van der Waals surface area contributed by atoms with Crippen molar-refractivity contribution in [1.82, 2.24) is 15.2 Å². The van der Waals surface area contributed by atoms with Crippen LogP contribution >= 0.6 is 23.7 Å². The number of aromatic nitrogens is 1. The number of nitrogens with zero attached hydrogens (tertiary/aromatic N) is 2. The monoisotopic (exact) mass is 289 g/mol. The highest BCUT2D eigenvalue weighted by molar-refractivity contribution is 7.09. The zero-order valence-corrected chi connectivity index (χ0v) is 12.9. The minimum absolute atomic E-state index is 0. The van der Waals surface area contributed by atoms with Crippen LogP contribution in [0, 0.1) is 12.8 Å². The van der Waals surface area contributed by atoms with Gasteiger partial charge in [0.15, 0.2) is 0 Å². The highest BCUT2D eigenvalue weighted by Crippen LogP contribution is 2.17. The maximum Gasteiger partial charge on any atom is 0.0798 e. The lowest BCUT2D eigenvalue weighted by Crippen LogP contribution is -2.32. The lowest BCUT2D eigenvalue weighted by atomic mass is 9.96. The van der Waals surface area contributed by atoms with Gasteiger partial charge in [-0.15, -0.1) is 23.7 Å². The van der Waals surface area contributed by atoms with E-state index in [-0.39, 0.29) is 12.4 Å². The van der Waals surface area contributed by atoms with Crippen LogP contribution in [-0.4, -0.2) is 36.6 Å². The van der Waals surface area contributed by atoms with Crippen molar-refractivity contribution in [3.8, 4) is 0 Å². The number of halogens is 1. The smallest absolute Gasteiger partial charge is 0.0798 e. The van der Waals surface area contributed by atoms with Crippen LogP contribution in [0.3, 0.4) is 0 Å². The molecule has 1 atom stereocenters. The molecule has 0 amide bonds. The predicted molar refractivity (Wildman–Crippen MR) is 80.6 cm³/mol. The molecule has 2 rings (SSSR count). The van der Waals surface area contributed by atoms with Crippen LogP contribution in [0.25, 0.3) is 0 Å². The summed E-state index contributed by atoms with van der Waals surface area (Å²) in [6, 6.07) is 0. The SMILES string of the molecule is Cc1ncsc1CN(C)CCC1CCCNC1.Cl. The lowest BCUT2D eigenvalue weighted by Gasteiger charge is -2.25. The van der Waals surface area contributed by atoms with Crippen molar-refractivity contribution in [3.63, 3.8) is 0 Å². The third-order valence-electron chi connectivity index (χ3n) is 3.58. The molecule has 104 valence electrons. The van der Waals surface area contributed by atoms with Gasteiger partial charge in [-0.05, 0) is 58.8 Å². The molecule has 0 radical (unpaired) electrons. The molecule has 0 aromatic carbocycles. The fraction of sp³-hybridized carbons (Fsp3) is 0.769. The van der Waals surface area contributed by atoms with E-state index in [0.717, 1.165) is 12.5 Å². The van der Waals surface area contributed by atoms with Gasteiger partial charge in [0.1, 0.15) is 0 Å². The van der Waals surface area contributed by atoms with Crippen LogP contribution < -0.4 is 5.32 Å². The summed E-state index contributed by atoms with van der Waals surface area (Å²) in [5.74, 6) is 0.883. The number of piperidine rings is 1. The predicted octanol–water partition coefficient (Wildman–Crippen LogP) is 2.69. The minimum atomic E-state index is 0. The Kier molecular flexibility index (Phi) is 7.15. The van der Waals surface area contributed by atoms with Crippen molar-refractivity contribution < 1.29 is 0 Å². The van der Waals surface area contributed by atoms with E-state index in [2.05, 4.69) is 29.2 Å². The van der Waals surface area contributed by atoms with Gasteiger partial charge in [-0.1, -0.05) is 0 Å². The van der Waals surface area contributed by atoms with Crippen LogP contribution in [0.15, 0.2) is 5.51 Å². The first kappa shape index (κ1) is 15.9. The molecule has 0 aliphatic carbocycles. The first-order valence-corrected chi connectivity index (χ1v) is 7.42. The molecule has 1 aliphatic heterocycles. The van der Waals surface area contributed by atoms with E-state index in [1.807, 2.05) is 5.51 Å². The Bertz CT molecular complexity index is 337. The van der Waals surface area contributed by atoms with Crippen molar-refractivity contribution in [3.05, 3.63) is 16.1 Å². The van der Waals surface area contributed by atoms with E-state index in [1.165, 1.54) is 49.5 Å². The normalized spacial score (nSPS) is 19.8. The van der Waals surface area contributed by atoms with Crippen LogP contribution in [0.2, 0.25) is 0 Å². The Labute approximate surface area is 120 Å². The summed E-state index contributed by atoms with van der Waals surface area (Å²) in [5.41, 5.74) is 3.14. The van der Waals surface area contributed by atoms with Gasteiger partial charge in [-0.25, -0.2) is 4.98 Å². The summed E-state index contributed by atoms with van der Waals surface area (Å²) in [6.07, 6.45) is 4.07. The van der Waals surface area contributed by atoms with E-state index >= 15 is 0 Å². The first-order valence-electron chi connectivity index (χ1n) is 6.54. The van der Waals surface area contributed by atoms with Gasteiger partial charge >= 0.3 is 0 Å². The van der Waals surface area contributed by atoms with E-state index in [0.29, 0.717) is 0 Å². The van der Waals surface area contributed by atoms with Crippen LogP contribution in [0.5, 0.6) is 0 Å². The van der Waals surface area contributed by atoms with Gasteiger partial charge in [0, 0.05) is 11.4 Å². The molecular weight excluding hydrogens is 266 g/mol. The Morgan fingerprint density at radius 1 is 1.56 bits per heavy atom. The largest absolute Gasteiger partial charge is 0.316 e. The zero-order chi connectivity index (χ0) is 12.1. The molecule has 1 unspecified atom stereocenters. The van der Waals surface area contributed by atoms with Gasteiger partial charge in [0.25, 0.3) is 0 Å². The average Bonchev–Trinajstić information content (AvgIpc) is 2.74. The average molecular weight is 290 g/mol. The second-order valence-corrected chi connectivity index (χ2v) is 6.04. The molecule has 18 heavy (non-hydrogen) atoms. The number of hydrogen-bond acceptors (Lipinski definition) is 4. The number of aryl methyl sites for hydroxylation is 1. The van der Waals surface area contributed by atoms with Crippen LogP contribution in [0.4, 0.5) is 0 Å². The maximum atomic E-state index is 4.30. The Hall–Kier alpha value is -0.160. The Balaban J connectivity index is 0.00000162. The molecule has 1 saturated heterocycles. The second-order valence-electron chi connectivity index (χ2n) is 5.10.